The van der Waals surface area contributed by atoms with E-state index in [2.05, 4.69) is 31.3 Å². The Kier molecular flexibility index (Phi) is 40.4. The first-order chi connectivity index (χ1) is 32.3. The summed E-state index contributed by atoms with van der Waals surface area (Å²) in [5, 5.41) is 74.7. The zero-order valence-electron chi connectivity index (χ0n) is 42.3. The minimum atomic E-state index is -5.15. The van der Waals surface area contributed by atoms with Gasteiger partial charge in [-0.05, 0) is 32.1 Å². The van der Waals surface area contributed by atoms with E-state index in [1.165, 1.54) is 173 Å². The second kappa shape index (κ2) is 42.5. The number of amides is 1. The summed E-state index contributed by atoms with van der Waals surface area (Å²) in [5.41, 5.74) is 0. The molecule has 0 spiro atoms. The molecule has 9 N–H and O–H groups in total. The Bertz CT molecular complexity index is 1240. The van der Waals surface area contributed by atoms with Crippen LogP contribution in [-0.4, -0.2) is 108 Å². The number of hydrogen-bond acceptors (Lipinski definition) is 11. The van der Waals surface area contributed by atoms with Crippen LogP contribution in [0.15, 0.2) is 24.3 Å². The Labute approximate surface area is 407 Å². The molecule has 0 aliphatic heterocycles. The van der Waals surface area contributed by atoms with E-state index >= 15 is 0 Å². The Morgan fingerprint density at radius 2 is 0.881 bits per heavy atom. The highest BCUT2D eigenvalue weighted by Gasteiger charge is 2.51. The van der Waals surface area contributed by atoms with E-state index in [-0.39, 0.29) is 6.42 Å². The van der Waals surface area contributed by atoms with E-state index < -0.39 is 75.2 Å². The maximum absolute atomic E-state index is 13.1. The van der Waals surface area contributed by atoms with Gasteiger partial charge in [-0.2, -0.15) is 0 Å². The molecular formula is C53H102NO12P. The lowest BCUT2D eigenvalue weighted by Crippen LogP contribution is -2.64. The van der Waals surface area contributed by atoms with Gasteiger partial charge in [-0.25, -0.2) is 4.57 Å². The molecule has 8 unspecified atom stereocenters. The van der Waals surface area contributed by atoms with Crippen molar-refractivity contribution in [2.75, 3.05) is 6.61 Å². The molecule has 0 saturated heterocycles. The van der Waals surface area contributed by atoms with E-state index in [0.29, 0.717) is 12.8 Å². The highest BCUT2D eigenvalue weighted by molar-refractivity contribution is 7.47. The summed E-state index contributed by atoms with van der Waals surface area (Å²) >= 11 is 0. The van der Waals surface area contributed by atoms with Gasteiger partial charge in [0.25, 0.3) is 0 Å². The molecule has 1 aliphatic rings. The summed E-state index contributed by atoms with van der Waals surface area (Å²) in [6, 6.07) is -1.25. The summed E-state index contributed by atoms with van der Waals surface area (Å²) in [6.07, 6.45) is 35.5. The molecule has 0 bridgehead atoms. The van der Waals surface area contributed by atoms with Gasteiger partial charge in [0.2, 0.25) is 5.91 Å². The van der Waals surface area contributed by atoms with Gasteiger partial charge in [-0.1, -0.05) is 231 Å². The number of phosphoric acid groups is 1. The average Bonchev–Trinajstić information content (AvgIpc) is 3.30. The maximum atomic E-state index is 13.1. The smallest absolute Gasteiger partial charge is 0.393 e. The molecule has 1 fully saturated rings. The molecule has 0 aromatic carbocycles. The van der Waals surface area contributed by atoms with Crippen molar-refractivity contribution in [3.8, 4) is 0 Å². The first kappa shape index (κ1) is 63.8. The van der Waals surface area contributed by atoms with Crippen molar-refractivity contribution >= 4 is 13.7 Å². The maximum Gasteiger partial charge on any atom is 0.472 e. The topological polar surface area (TPSA) is 226 Å². The molecule has 1 rings (SSSR count). The van der Waals surface area contributed by atoms with E-state index in [9.17, 15) is 50.0 Å². The number of carbonyl (C=O) groups is 1. The van der Waals surface area contributed by atoms with Gasteiger partial charge in [0.05, 0.1) is 31.3 Å². The number of aliphatic hydroxyl groups is 7. The fourth-order valence-electron chi connectivity index (χ4n) is 8.85. The Balaban J connectivity index is 2.45. The standard InChI is InChI=1S/C53H102NO12P/c1-3-5-7-9-11-13-15-17-19-21-22-23-25-26-28-30-32-34-36-38-40-44(55)42-47(57)54-45(43-65-67(63,64)66-53-51(61)49(59)48(58)50(60)52(53)62)46(56)41-39-37-35-33-31-29-27-24-20-18-16-14-12-10-8-6-4-2/h31,33,39,41,44-46,48-53,55-56,58-62H,3-30,32,34-38,40,42-43H2,1-2H3,(H,54,57)(H,63,64)/b33-31+,41-39+. The number of phosphoric ester groups is 1. The summed E-state index contributed by atoms with van der Waals surface area (Å²) in [5.74, 6) is -0.598. The zero-order chi connectivity index (χ0) is 49.4. The van der Waals surface area contributed by atoms with Crippen LogP contribution in [0.3, 0.4) is 0 Å². The van der Waals surface area contributed by atoms with Crippen LogP contribution in [0.2, 0.25) is 0 Å². The fraction of sp³-hybridized carbons (Fsp3) is 0.906. The van der Waals surface area contributed by atoms with Crippen LogP contribution in [-0.2, 0) is 18.4 Å². The first-order valence-electron chi connectivity index (χ1n) is 27.4. The van der Waals surface area contributed by atoms with Crippen LogP contribution in [0.1, 0.15) is 245 Å². The Morgan fingerprint density at radius 1 is 0.522 bits per heavy atom. The molecule has 67 heavy (non-hydrogen) atoms. The molecular weight excluding hydrogens is 874 g/mol. The fourth-order valence-corrected chi connectivity index (χ4v) is 9.81. The van der Waals surface area contributed by atoms with Crippen LogP contribution in [0.25, 0.3) is 0 Å². The van der Waals surface area contributed by atoms with Crippen molar-refractivity contribution in [2.24, 2.45) is 0 Å². The highest BCUT2D eigenvalue weighted by atomic mass is 31.2. The lowest BCUT2D eigenvalue weighted by Gasteiger charge is -2.41. The van der Waals surface area contributed by atoms with Crippen molar-refractivity contribution in [1.29, 1.82) is 0 Å². The van der Waals surface area contributed by atoms with Gasteiger partial charge < -0.3 is 46.0 Å². The number of allylic oxidation sites excluding steroid dienone is 3. The number of carbonyl (C=O) groups excluding carboxylic acids is 1. The number of nitrogens with one attached hydrogen (secondary N) is 1. The van der Waals surface area contributed by atoms with Gasteiger partial charge in [0.15, 0.2) is 0 Å². The normalized spacial score (nSPS) is 22.4. The molecule has 1 saturated carbocycles. The van der Waals surface area contributed by atoms with Crippen molar-refractivity contribution in [2.45, 2.75) is 300 Å². The van der Waals surface area contributed by atoms with Gasteiger partial charge in [0, 0.05) is 0 Å². The van der Waals surface area contributed by atoms with Crippen LogP contribution in [0.5, 0.6) is 0 Å². The lowest BCUT2D eigenvalue weighted by molar-refractivity contribution is -0.220. The van der Waals surface area contributed by atoms with Gasteiger partial charge in [-0.15, -0.1) is 0 Å². The largest absolute Gasteiger partial charge is 0.472 e. The second-order valence-corrected chi connectivity index (χ2v) is 21.0. The predicted molar refractivity (Wildman–Crippen MR) is 270 cm³/mol. The Morgan fingerprint density at radius 3 is 1.31 bits per heavy atom. The third-order valence-corrected chi connectivity index (χ3v) is 14.3. The van der Waals surface area contributed by atoms with E-state index in [4.69, 9.17) is 9.05 Å². The minimum Gasteiger partial charge on any atom is -0.393 e. The molecule has 8 atom stereocenters. The average molecular weight is 976 g/mol. The van der Waals surface area contributed by atoms with Crippen LogP contribution in [0.4, 0.5) is 0 Å². The number of hydrogen-bond donors (Lipinski definition) is 9. The Hall–Kier alpha value is -1.22. The highest BCUT2D eigenvalue weighted by Crippen LogP contribution is 2.47. The molecule has 14 heteroatoms. The summed E-state index contributed by atoms with van der Waals surface area (Å²) in [7, 11) is -5.15. The summed E-state index contributed by atoms with van der Waals surface area (Å²) < 4.78 is 22.9. The number of aliphatic hydroxyl groups excluding tert-OH is 7. The number of rotatable bonds is 46. The third-order valence-electron chi connectivity index (χ3n) is 13.3. The summed E-state index contributed by atoms with van der Waals surface area (Å²) in [6.45, 7) is 3.77. The molecule has 0 aromatic rings. The zero-order valence-corrected chi connectivity index (χ0v) is 43.2. The molecule has 1 aliphatic carbocycles. The van der Waals surface area contributed by atoms with Crippen molar-refractivity contribution in [1.82, 2.24) is 5.32 Å². The first-order valence-corrected chi connectivity index (χ1v) is 28.9. The van der Waals surface area contributed by atoms with Crippen molar-refractivity contribution in [3.05, 3.63) is 24.3 Å². The predicted octanol–water partition coefficient (Wildman–Crippen LogP) is 10.7. The molecule has 396 valence electrons. The second-order valence-electron chi connectivity index (χ2n) is 19.6. The SMILES string of the molecule is CCCCCCCCCCCCC/C=C/CC/C=C/C(O)C(COP(=O)(O)OC1C(O)C(O)C(O)C(O)C1O)NC(=O)CC(O)CCCCCCCCCCCCCCCCCCCCCC. The molecule has 0 radical (unpaired) electrons. The van der Waals surface area contributed by atoms with Crippen LogP contribution >= 0.6 is 7.82 Å². The van der Waals surface area contributed by atoms with Gasteiger partial charge in [-0.3, -0.25) is 13.8 Å². The minimum absolute atomic E-state index is 0.248. The van der Waals surface area contributed by atoms with Crippen LogP contribution < -0.4 is 5.32 Å². The van der Waals surface area contributed by atoms with Crippen LogP contribution in [0, 0.1) is 0 Å². The quantitative estimate of drug-likeness (QED) is 0.0158. The number of unbranched alkanes of at least 4 members (excludes halogenated alkanes) is 31. The monoisotopic (exact) mass is 976 g/mol. The molecule has 0 heterocycles. The van der Waals surface area contributed by atoms with E-state index in [1.807, 2.05) is 0 Å². The molecule has 1 amide bonds. The lowest BCUT2D eigenvalue weighted by atomic mass is 9.85. The summed E-state index contributed by atoms with van der Waals surface area (Å²) in [4.78, 5) is 23.5. The van der Waals surface area contributed by atoms with Gasteiger partial charge in [0.1, 0.15) is 36.6 Å². The third kappa shape index (κ3) is 33.9. The van der Waals surface area contributed by atoms with Crippen molar-refractivity contribution in [3.63, 3.8) is 0 Å². The molecule has 0 aromatic heterocycles. The van der Waals surface area contributed by atoms with E-state index in [1.54, 1.807) is 6.08 Å². The van der Waals surface area contributed by atoms with E-state index in [0.717, 1.165) is 44.9 Å². The van der Waals surface area contributed by atoms with Gasteiger partial charge >= 0.3 is 7.82 Å². The molecule has 13 nitrogen and oxygen atoms in total. The van der Waals surface area contributed by atoms with Crippen molar-refractivity contribution < 1.29 is 59.0 Å².